The van der Waals surface area contributed by atoms with Gasteiger partial charge in [-0.05, 0) is 31.7 Å². The average molecular weight is 384 g/mol. The number of carbonyl (C=O) groups is 1. The van der Waals surface area contributed by atoms with Crippen LogP contribution in [0.3, 0.4) is 0 Å². The zero-order chi connectivity index (χ0) is 16.0. The smallest absolute Gasteiger partial charge is 0.223 e. The van der Waals surface area contributed by atoms with E-state index in [1.54, 1.807) is 7.11 Å². The Morgan fingerprint density at radius 3 is 2.42 bits per heavy atom. The van der Waals surface area contributed by atoms with Crippen LogP contribution in [-0.4, -0.2) is 68.2 Å². The summed E-state index contributed by atoms with van der Waals surface area (Å²) < 4.78 is 5.16. The predicted molar refractivity (Wildman–Crippen MR) is 103 cm³/mol. The molecule has 1 aliphatic heterocycles. The molecular weight excluding hydrogens is 349 g/mol. The van der Waals surface area contributed by atoms with Crippen molar-refractivity contribution in [2.45, 2.75) is 51.5 Å². The number of hydrogen-bond acceptors (Lipinski definition) is 4. The maximum absolute atomic E-state index is 12.7. The third-order valence-electron chi connectivity index (χ3n) is 5.57. The van der Waals surface area contributed by atoms with E-state index in [0.717, 1.165) is 45.6 Å². The topological polar surface area (TPSA) is 58.8 Å². The van der Waals surface area contributed by atoms with Crippen molar-refractivity contribution in [3.8, 4) is 0 Å². The van der Waals surface area contributed by atoms with Crippen molar-refractivity contribution in [2.75, 3.05) is 46.4 Å². The molecule has 2 fully saturated rings. The summed E-state index contributed by atoms with van der Waals surface area (Å²) in [6.07, 6.45) is 6.65. The van der Waals surface area contributed by atoms with Gasteiger partial charge in [-0.15, -0.1) is 24.8 Å². The van der Waals surface area contributed by atoms with Crippen molar-refractivity contribution < 1.29 is 9.53 Å². The Hall–Kier alpha value is -0.0700. The van der Waals surface area contributed by atoms with Gasteiger partial charge in [0.2, 0.25) is 5.91 Å². The van der Waals surface area contributed by atoms with Gasteiger partial charge in [-0.3, -0.25) is 9.69 Å². The van der Waals surface area contributed by atoms with Crippen molar-refractivity contribution in [2.24, 2.45) is 11.1 Å². The van der Waals surface area contributed by atoms with Crippen LogP contribution in [0.4, 0.5) is 0 Å². The Kier molecular flexibility index (Phi) is 11.5. The molecule has 0 bridgehead atoms. The highest BCUT2D eigenvalue weighted by atomic mass is 35.5. The molecule has 0 aromatic carbocycles. The fourth-order valence-corrected chi connectivity index (χ4v) is 3.95. The molecule has 0 radical (unpaired) electrons. The number of rotatable bonds is 6. The van der Waals surface area contributed by atoms with E-state index in [1.807, 2.05) is 0 Å². The lowest BCUT2D eigenvalue weighted by Gasteiger charge is -2.42. The lowest BCUT2D eigenvalue weighted by molar-refractivity contribution is -0.137. The normalized spacial score (nSPS) is 24.0. The van der Waals surface area contributed by atoms with Gasteiger partial charge in [-0.1, -0.05) is 19.3 Å². The van der Waals surface area contributed by atoms with Crippen LogP contribution < -0.4 is 5.73 Å². The van der Waals surface area contributed by atoms with Gasteiger partial charge in [-0.25, -0.2) is 0 Å². The van der Waals surface area contributed by atoms with Crippen LogP contribution in [-0.2, 0) is 9.53 Å². The summed E-state index contributed by atoms with van der Waals surface area (Å²) in [6, 6.07) is 0.410. The summed E-state index contributed by atoms with van der Waals surface area (Å²) in [5.41, 5.74) is 6.10. The van der Waals surface area contributed by atoms with E-state index in [0.29, 0.717) is 24.9 Å². The highest BCUT2D eigenvalue weighted by Gasteiger charge is 2.35. The highest BCUT2D eigenvalue weighted by molar-refractivity contribution is 5.85. The number of nitrogens with two attached hydrogens (primary N) is 1. The lowest BCUT2D eigenvalue weighted by atomic mass is 9.71. The number of amides is 1. The van der Waals surface area contributed by atoms with Gasteiger partial charge >= 0.3 is 0 Å². The van der Waals surface area contributed by atoms with E-state index in [4.69, 9.17) is 10.5 Å². The van der Waals surface area contributed by atoms with Crippen LogP contribution >= 0.6 is 24.8 Å². The van der Waals surface area contributed by atoms with Crippen LogP contribution in [0.1, 0.15) is 45.4 Å². The lowest BCUT2D eigenvalue weighted by Crippen LogP contribution is -2.55. The molecule has 0 aromatic rings. The van der Waals surface area contributed by atoms with Gasteiger partial charge in [-0.2, -0.15) is 0 Å². The molecule has 5 nitrogen and oxygen atoms in total. The van der Waals surface area contributed by atoms with E-state index in [1.165, 1.54) is 19.3 Å². The number of hydrogen-bond donors (Lipinski definition) is 1. The van der Waals surface area contributed by atoms with Crippen molar-refractivity contribution in [3.05, 3.63) is 0 Å². The quantitative estimate of drug-likeness (QED) is 0.764. The first-order valence-corrected chi connectivity index (χ1v) is 8.81. The number of halogens is 2. The second kappa shape index (κ2) is 11.5. The molecule has 1 heterocycles. The molecule has 24 heavy (non-hydrogen) atoms. The van der Waals surface area contributed by atoms with E-state index >= 15 is 0 Å². The van der Waals surface area contributed by atoms with Crippen LogP contribution in [0.25, 0.3) is 0 Å². The van der Waals surface area contributed by atoms with Crippen molar-refractivity contribution in [3.63, 3.8) is 0 Å². The van der Waals surface area contributed by atoms with Gasteiger partial charge in [0.25, 0.3) is 0 Å². The average Bonchev–Trinajstić information content (AvgIpc) is 2.54. The van der Waals surface area contributed by atoms with Crippen LogP contribution in [0.2, 0.25) is 0 Å². The largest absolute Gasteiger partial charge is 0.383 e. The molecule has 1 unspecified atom stereocenters. The third-order valence-corrected chi connectivity index (χ3v) is 5.57. The summed E-state index contributed by atoms with van der Waals surface area (Å²) in [6.45, 7) is 7.19. The van der Waals surface area contributed by atoms with E-state index in [2.05, 4.69) is 16.7 Å². The second-order valence-corrected chi connectivity index (χ2v) is 7.16. The maximum Gasteiger partial charge on any atom is 0.223 e. The molecular formula is C17H35Cl2N3O2. The van der Waals surface area contributed by atoms with E-state index in [-0.39, 0.29) is 30.2 Å². The first kappa shape index (κ1) is 23.9. The summed E-state index contributed by atoms with van der Waals surface area (Å²) >= 11 is 0. The SMILES string of the molecule is COCCN1CCN(C(=O)CC2(CN)CCCCC2)CC1C.Cl.Cl. The molecule has 1 aliphatic carbocycles. The first-order chi connectivity index (χ1) is 10.6. The molecule has 1 amide bonds. The number of piperazine rings is 1. The van der Waals surface area contributed by atoms with Gasteiger partial charge in [0.1, 0.15) is 0 Å². The summed E-state index contributed by atoms with van der Waals surface area (Å²) in [7, 11) is 1.74. The van der Waals surface area contributed by atoms with E-state index in [9.17, 15) is 4.79 Å². The predicted octanol–water partition coefficient (Wildman–Crippen LogP) is 2.31. The maximum atomic E-state index is 12.7. The van der Waals surface area contributed by atoms with Crippen molar-refractivity contribution in [1.29, 1.82) is 0 Å². The fourth-order valence-electron chi connectivity index (χ4n) is 3.95. The van der Waals surface area contributed by atoms with Gasteiger partial charge in [0, 0.05) is 45.8 Å². The summed E-state index contributed by atoms with van der Waals surface area (Å²) in [5.74, 6) is 0.311. The minimum atomic E-state index is 0. The number of nitrogens with zero attached hydrogens (tertiary/aromatic N) is 2. The molecule has 2 aliphatic rings. The molecule has 2 rings (SSSR count). The molecule has 2 N–H and O–H groups in total. The Balaban J connectivity index is 0.00000264. The standard InChI is InChI=1S/C17H33N3O2.2ClH/c1-15-13-20(9-8-19(15)10-11-22-2)16(21)12-17(14-18)6-4-3-5-7-17;;/h15H,3-14,18H2,1-2H3;2*1H. The van der Waals surface area contributed by atoms with Crippen LogP contribution in [0.5, 0.6) is 0 Å². The summed E-state index contributed by atoms with van der Waals surface area (Å²) in [4.78, 5) is 17.2. The minimum absolute atomic E-state index is 0. The molecule has 1 saturated heterocycles. The molecule has 0 aromatic heterocycles. The number of ether oxygens (including phenoxy) is 1. The molecule has 1 atom stereocenters. The Morgan fingerprint density at radius 2 is 1.88 bits per heavy atom. The van der Waals surface area contributed by atoms with Crippen LogP contribution in [0.15, 0.2) is 0 Å². The number of carbonyl (C=O) groups excluding carboxylic acids is 1. The van der Waals surface area contributed by atoms with E-state index < -0.39 is 0 Å². The van der Waals surface area contributed by atoms with Crippen molar-refractivity contribution >= 4 is 30.7 Å². The Morgan fingerprint density at radius 1 is 1.21 bits per heavy atom. The molecule has 1 saturated carbocycles. The Bertz CT molecular complexity index is 366. The minimum Gasteiger partial charge on any atom is -0.383 e. The molecule has 144 valence electrons. The summed E-state index contributed by atoms with van der Waals surface area (Å²) in [5, 5.41) is 0. The zero-order valence-corrected chi connectivity index (χ0v) is 16.8. The van der Waals surface area contributed by atoms with Gasteiger partial charge in [0.15, 0.2) is 0 Å². The van der Waals surface area contributed by atoms with Crippen molar-refractivity contribution in [1.82, 2.24) is 9.80 Å². The first-order valence-electron chi connectivity index (χ1n) is 8.81. The zero-order valence-electron chi connectivity index (χ0n) is 15.2. The highest BCUT2D eigenvalue weighted by Crippen LogP contribution is 2.38. The third kappa shape index (κ3) is 6.34. The number of methoxy groups -OCH3 is 1. The fraction of sp³-hybridized carbons (Fsp3) is 0.941. The molecule has 0 spiro atoms. The van der Waals surface area contributed by atoms with Gasteiger partial charge < -0.3 is 15.4 Å². The van der Waals surface area contributed by atoms with Gasteiger partial charge in [0.05, 0.1) is 6.61 Å². The molecule has 7 heteroatoms. The van der Waals surface area contributed by atoms with Crippen LogP contribution in [0, 0.1) is 5.41 Å². The Labute approximate surface area is 159 Å². The second-order valence-electron chi connectivity index (χ2n) is 7.16. The monoisotopic (exact) mass is 383 g/mol.